The summed E-state index contributed by atoms with van der Waals surface area (Å²) < 4.78 is 0. The molecule has 0 aliphatic heterocycles. The third-order valence-corrected chi connectivity index (χ3v) is 6.99. The van der Waals surface area contributed by atoms with Gasteiger partial charge in [-0.05, 0) is 59.8 Å². The Kier molecular flexibility index (Phi) is 12.0. The summed E-state index contributed by atoms with van der Waals surface area (Å²) in [7, 11) is 0. The molecule has 0 saturated heterocycles. The van der Waals surface area contributed by atoms with E-state index in [1.807, 2.05) is 42.5 Å². The normalized spacial score (nSPS) is 13.1. The summed E-state index contributed by atoms with van der Waals surface area (Å²) in [5.74, 6) is -2.26. The molecule has 218 valence electrons. The van der Waals surface area contributed by atoms with Crippen LogP contribution in [0.15, 0.2) is 66.7 Å². The van der Waals surface area contributed by atoms with E-state index in [9.17, 15) is 24.3 Å². The van der Waals surface area contributed by atoms with E-state index in [1.165, 1.54) is 12.1 Å². The Bertz CT molecular complexity index is 1350. The molecule has 0 spiro atoms. The van der Waals surface area contributed by atoms with Crippen LogP contribution in [-0.4, -0.2) is 59.2 Å². The zero-order chi connectivity index (χ0) is 29.8. The Morgan fingerprint density at radius 1 is 0.780 bits per heavy atom. The second kappa shape index (κ2) is 15.6. The van der Waals surface area contributed by atoms with Crippen molar-refractivity contribution in [3.63, 3.8) is 0 Å². The van der Waals surface area contributed by atoms with E-state index in [-0.39, 0.29) is 30.3 Å². The lowest BCUT2D eigenvalue weighted by atomic mass is 10.0. The van der Waals surface area contributed by atoms with E-state index in [0.717, 1.165) is 16.3 Å². The minimum absolute atomic E-state index is 0.0454. The molecule has 0 aliphatic rings. The third-order valence-electron chi connectivity index (χ3n) is 6.63. The van der Waals surface area contributed by atoms with Crippen LogP contribution >= 0.6 is 12.6 Å². The fourth-order valence-corrected chi connectivity index (χ4v) is 4.63. The van der Waals surface area contributed by atoms with E-state index in [4.69, 9.17) is 11.5 Å². The Labute approximate surface area is 244 Å². The van der Waals surface area contributed by atoms with Crippen LogP contribution in [0.25, 0.3) is 10.8 Å². The number of hydrogen-bond acceptors (Lipinski definition) is 7. The highest BCUT2D eigenvalue weighted by molar-refractivity contribution is 7.80. The fraction of sp³-hybridized carbons (Fsp3) is 0.333. The Morgan fingerprint density at radius 3 is 2.07 bits per heavy atom. The number of unbranched alkanes of at least 4 members (excludes halogenated alkanes) is 1. The van der Waals surface area contributed by atoms with Crippen molar-refractivity contribution >= 4 is 47.0 Å². The quantitative estimate of drug-likeness (QED) is 0.106. The van der Waals surface area contributed by atoms with Gasteiger partial charge in [-0.25, -0.2) is 0 Å². The minimum Gasteiger partial charge on any atom is -0.508 e. The number of hydrogen-bond donors (Lipinski definition) is 7. The lowest BCUT2D eigenvalue weighted by Crippen LogP contribution is -2.57. The number of phenols is 1. The maximum absolute atomic E-state index is 13.4. The monoisotopic (exact) mass is 579 g/mol. The van der Waals surface area contributed by atoms with Gasteiger partial charge in [0.1, 0.15) is 23.9 Å². The Morgan fingerprint density at radius 2 is 1.41 bits per heavy atom. The molecule has 0 saturated carbocycles. The molecule has 3 atom stereocenters. The first kappa shape index (κ1) is 31.4. The molecule has 0 heterocycles. The van der Waals surface area contributed by atoms with Crippen molar-refractivity contribution in [3.8, 4) is 5.75 Å². The third kappa shape index (κ3) is 9.80. The smallest absolute Gasteiger partial charge is 0.244 e. The molecule has 0 bridgehead atoms. The number of carbonyl (C=O) groups excluding carboxylic acids is 4. The molecule has 3 aromatic rings. The summed E-state index contributed by atoms with van der Waals surface area (Å²) in [6.45, 7) is 0.448. The van der Waals surface area contributed by atoms with Gasteiger partial charge in [0.25, 0.3) is 0 Å². The lowest BCUT2D eigenvalue weighted by Gasteiger charge is -2.24. The van der Waals surface area contributed by atoms with Crippen molar-refractivity contribution in [2.24, 2.45) is 11.5 Å². The Hall–Kier alpha value is -4.09. The number of nitrogens with one attached hydrogen (secondary N) is 3. The summed E-state index contributed by atoms with van der Waals surface area (Å²) in [5, 5.41) is 19.7. The standard InChI is InChI=1S/C30H37N5O5S/c31-14-4-3-7-24(28(32)38)34-30(40)26(18-41)35-29(39)25(16-19-9-12-23(36)13-10-19)33-27(37)17-20-8-11-21-5-1-2-6-22(21)15-20/h1-2,5-6,8-13,15,24-26,36,41H,3-4,7,14,16-18,31H2,(H2,32,38)(H,33,37)(H,34,40)(H,35,39)/t24?,25?,26-/m0/s1. The number of aromatic hydroxyl groups is 1. The van der Waals surface area contributed by atoms with Crippen LogP contribution in [0.4, 0.5) is 0 Å². The summed E-state index contributed by atoms with van der Waals surface area (Å²) in [6.07, 6.45) is 1.74. The summed E-state index contributed by atoms with van der Waals surface area (Å²) in [5.41, 5.74) is 12.4. The Balaban J connectivity index is 1.72. The van der Waals surface area contributed by atoms with Gasteiger partial charge in [-0.2, -0.15) is 12.6 Å². The van der Waals surface area contributed by atoms with Crippen molar-refractivity contribution in [2.45, 2.75) is 50.2 Å². The molecule has 0 aliphatic carbocycles. The van der Waals surface area contributed by atoms with Crippen molar-refractivity contribution in [1.29, 1.82) is 0 Å². The first-order chi connectivity index (χ1) is 19.7. The molecule has 8 N–H and O–H groups in total. The van der Waals surface area contributed by atoms with Gasteiger partial charge >= 0.3 is 0 Å². The highest BCUT2D eigenvalue weighted by atomic mass is 32.1. The molecule has 0 aromatic heterocycles. The van der Waals surface area contributed by atoms with Gasteiger partial charge in [0.15, 0.2) is 0 Å². The second-order valence-corrected chi connectivity index (χ2v) is 10.2. The van der Waals surface area contributed by atoms with Crippen LogP contribution in [0.5, 0.6) is 5.75 Å². The second-order valence-electron chi connectivity index (χ2n) is 9.84. The predicted octanol–water partition coefficient (Wildman–Crippen LogP) is 1.33. The van der Waals surface area contributed by atoms with Gasteiger partial charge in [0.05, 0.1) is 6.42 Å². The molecular formula is C30H37N5O5S. The summed E-state index contributed by atoms with van der Waals surface area (Å²) in [4.78, 5) is 51.2. The lowest BCUT2D eigenvalue weighted by molar-refractivity contribution is -0.132. The minimum atomic E-state index is -1.08. The molecule has 0 radical (unpaired) electrons. The summed E-state index contributed by atoms with van der Waals surface area (Å²) in [6, 6.07) is 16.8. The van der Waals surface area contributed by atoms with Crippen LogP contribution in [-0.2, 0) is 32.0 Å². The molecule has 4 amide bonds. The highest BCUT2D eigenvalue weighted by Gasteiger charge is 2.28. The summed E-state index contributed by atoms with van der Waals surface area (Å²) >= 11 is 4.21. The first-order valence-electron chi connectivity index (χ1n) is 13.5. The van der Waals surface area contributed by atoms with Crippen molar-refractivity contribution < 1.29 is 24.3 Å². The number of fused-ring (bicyclic) bond motifs is 1. The largest absolute Gasteiger partial charge is 0.508 e. The van der Waals surface area contributed by atoms with Gasteiger partial charge in [-0.1, -0.05) is 54.6 Å². The zero-order valence-electron chi connectivity index (χ0n) is 22.7. The molecule has 2 unspecified atom stereocenters. The van der Waals surface area contributed by atoms with Crippen LogP contribution in [0.1, 0.15) is 30.4 Å². The van der Waals surface area contributed by atoms with Crippen LogP contribution in [0.2, 0.25) is 0 Å². The average Bonchev–Trinajstić information content (AvgIpc) is 2.95. The molecule has 10 nitrogen and oxygen atoms in total. The highest BCUT2D eigenvalue weighted by Crippen LogP contribution is 2.16. The number of carbonyl (C=O) groups is 4. The van der Waals surface area contributed by atoms with Crippen molar-refractivity contribution in [1.82, 2.24) is 16.0 Å². The number of primary amides is 1. The van der Waals surface area contributed by atoms with Gasteiger partial charge in [-0.15, -0.1) is 0 Å². The van der Waals surface area contributed by atoms with Crippen molar-refractivity contribution in [2.75, 3.05) is 12.3 Å². The fourth-order valence-electron chi connectivity index (χ4n) is 4.37. The van der Waals surface area contributed by atoms with Gasteiger partial charge in [0, 0.05) is 12.2 Å². The number of phenolic OH excluding ortho intramolecular Hbond substituents is 1. The van der Waals surface area contributed by atoms with E-state index in [1.54, 1.807) is 12.1 Å². The molecule has 3 aromatic carbocycles. The topological polar surface area (TPSA) is 177 Å². The van der Waals surface area contributed by atoms with E-state index in [2.05, 4.69) is 28.6 Å². The number of rotatable bonds is 15. The van der Waals surface area contributed by atoms with Crippen LogP contribution in [0.3, 0.4) is 0 Å². The zero-order valence-corrected chi connectivity index (χ0v) is 23.6. The molecular weight excluding hydrogens is 542 g/mol. The average molecular weight is 580 g/mol. The van der Waals surface area contributed by atoms with Gasteiger partial charge < -0.3 is 32.5 Å². The van der Waals surface area contributed by atoms with Gasteiger partial charge in [-0.3, -0.25) is 19.2 Å². The molecule has 41 heavy (non-hydrogen) atoms. The number of benzene rings is 3. The van der Waals surface area contributed by atoms with Crippen LogP contribution < -0.4 is 27.4 Å². The number of nitrogens with two attached hydrogens (primary N) is 2. The number of thiol groups is 1. The van der Waals surface area contributed by atoms with E-state index < -0.39 is 35.8 Å². The van der Waals surface area contributed by atoms with E-state index in [0.29, 0.717) is 31.4 Å². The number of amides is 4. The first-order valence-corrected chi connectivity index (χ1v) is 14.1. The molecule has 3 rings (SSSR count). The SMILES string of the molecule is NCCCCC(NC(=O)[C@H](CS)NC(=O)C(Cc1ccc(O)cc1)NC(=O)Cc1ccc2ccccc2c1)C(N)=O. The maximum atomic E-state index is 13.4. The van der Waals surface area contributed by atoms with Crippen molar-refractivity contribution in [3.05, 3.63) is 77.9 Å². The maximum Gasteiger partial charge on any atom is 0.244 e. The van der Waals surface area contributed by atoms with Gasteiger partial charge in [0.2, 0.25) is 23.6 Å². The predicted molar refractivity (Wildman–Crippen MR) is 161 cm³/mol. The molecule has 11 heteroatoms. The van der Waals surface area contributed by atoms with Crippen LogP contribution in [0, 0.1) is 0 Å². The molecule has 0 fully saturated rings. The van der Waals surface area contributed by atoms with E-state index >= 15 is 0 Å².